The highest BCUT2D eigenvalue weighted by Gasteiger charge is 2.12. The van der Waals surface area contributed by atoms with Crippen molar-refractivity contribution in [3.8, 4) is 0 Å². The van der Waals surface area contributed by atoms with Crippen molar-refractivity contribution in [1.29, 1.82) is 0 Å². The smallest absolute Gasteiger partial charge is 0.0751 e. The zero-order chi connectivity index (χ0) is 13.2. The van der Waals surface area contributed by atoms with Crippen molar-refractivity contribution >= 4 is 58.3 Å². The molecule has 1 rings (SSSR count). The molecular weight excluding hydrogens is 327 g/mol. The van der Waals surface area contributed by atoms with Crippen molar-refractivity contribution < 1.29 is 0 Å². The summed E-state index contributed by atoms with van der Waals surface area (Å²) in [5.74, 6) is 3.63. The van der Waals surface area contributed by atoms with Crippen molar-refractivity contribution in [2.45, 2.75) is 17.4 Å². The molecular formula is C13H17Cl3S2. The van der Waals surface area contributed by atoms with Crippen LogP contribution in [0, 0.1) is 0 Å². The average molecular weight is 344 g/mol. The van der Waals surface area contributed by atoms with E-state index in [1.165, 1.54) is 5.56 Å². The Balaban J connectivity index is 2.54. The Labute approximate surface area is 133 Å². The van der Waals surface area contributed by atoms with Crippen LogP contribution in [0.2, 0.25) is 5.02 Å². The summed E-state index contributed by atoms with van der Waals surface area (Å²) >= 11 is 21.3. The number of hydrogen-bond acceptors (Lipinski definition) is 2. The molecule has 0 saturated carbocycles. The highest BCUT2D eigenvalue weighted by atomic mass is 35.5. The minimum absolute atomic E-state index is 0.452. The Morgan fingerprint density at radius 3 is 1.83 bits per heavy atom. The van der Waals surface area contributed by atoms with Crippen LogP contribution in [-0.2, 0) is 0 Å². The van der Waals surface area contributed by atoms with Crippen LogP contribution in [-0.4, -0.2) is 23.3 Å². The normalized spacial score (nSPS) is 11.1. The monoisotopic (exact) mass is 342 g/mol. The van der Waals surface area contributed by atoms with Gasteiger partial charge in [-0.1, -0.05) is 23.7 Å². The van der Waals surface area contributed by atoms with E-state index in [1.54, 1.807) is 0 Å². The maximum atomic E-state index is 5.92. The predicted octanol–water partition coefficient (Wildman–Crippen LogP) is 6.06. The van der Waals surface area contributed by atoms with Crippen molar-refractivity contribution in [1.82, 2.24) is 0 Å². The van der Waals surface area contributed by atoms with Gasteiger partial charge in [-0.15, -0.1) is 46.7 Å². The lowest BCUT2D eigenvalue weighted by Crippen LogP contribution is -1.94. The summed E-state index contributed by atoms with van der Waals surface area (Å²) in [5.41, 5.74) is 1.32. The molecule has 0 bridgehead atoms. The molecule has 0 N–H and O–H groups in total. The Hall–Kier alpha value is 0.790. The zero-order valence-electron chi connectivity index (χ0n) is 10.1. The number of rotatable bonds is 9. The van der Waals surface area contributed by atoms with Gasteiger partial charge >= 0.3 is 0 Å². The van der Waals surface area contributed by atoms with Crippen LogP contribution in [0.25, 0.3) is 0 Å². The fraction of sp³-hybridized carbons (Fsp3) is 0.538. The van der Waals surface area contributed by atoms with Crippen molar-refractivity contribution in [3.05, 3.63) is 34.9 Å². The quantitative estimate of drug-likeness (QED) is 0.303. The van der Waals surface area contributed by atoms with Gasteiger partial charge in [-0.05, 0) is 42.0 Å². The van der Waals surface area contributed by atoms with Gasteiger partial charge in [0.05, 0.1) is 4.58 Å². The molecule has 0 heterocycles. The maximum Gasteiger partial charge on any atom is 0.0751 e. The molecule has 0 nitrogen and oxygen atoms in total. The summed E-state index contributed by atoms with van der Waals surface area (Å²) in [6.45, 7) is 0. The Kier molecular flexibility index (Phi) is 9.88. The molecule has 0 unspecified atom stereocenters. The van der Waals surface area contributed by atoms with E-state index in [1.807, 2.05) is 35.7 Å². The summed E-state index contributed by atoms with van der Waals surface area (Å²) in [6.07, 6.45) is 2.10. The van der Waals surface area contributed by atoms with Crippen molar-refractivity contribution in [2.75, 3.05) is 23.3 Å². The summed E-state index contributed by atoms with van der Waals surface area (Å²) in [6, 6.07) is 8.12. The van der Waals surface area contributed by atoms with Crippen LogP contribution < -0.4 is 0 Å². The summed E-state index contributed by atoms with van der Waals surface area (Å²) in [4.78, 5) is 0. The third kappa shape index (κ3) is 6.81. The molecule has 0 amide bonds. The van der Waals surface area contributed by atoms with Gasteiger partial charge in [0, 0.05) is 16.8 Å². The van der Waals surface area contributed by atoms with E-state index in [4.69, 9.17) is 34.8 Å². The summed E-state index contributed by atoms with van der Waals surface area (Å²) in [7, 11) is 0. The second-order valence-corrected chi connectivity index (χ2v) is 7.63. The topological polar surface area (TPSA) is 0 Å². The molecule has 5 heteroatoms. The zero-order valence-corrected chi connectivity index (χ0v) is 14.0. The highest BCUT2D eigenvalue weighted by molar-refractivity contribution is 8.16. The van der Waals surface area contributed by atoms with Crippen LogP contribution in [0.15, 0.2) is 24.3 Å². The molecule has 1 aromatic rings. The predicted molar refractivity (Wildman–Crippen MR) is 89.8 cm³/mol. The molecule has 102 valence electrons. The van der Waals surface area contributed by atoms with Crippen molar-refractivity contribution in [3.63, 3.8) is 0 Å². The summed E-state index contributed by atoms with van der Waals surface area (Å²) < 4.78 is 0.452. The van der Waals surface area contributed by atoms with Gasteiger partial charge < -0.3 is 0 Å². The first-order valence-corrected chi connectivity index (χ1v) is 9.43. The SMILES string of the molecule is ClCCCSC(SCCCCl)c1ccc(Cl)cc1. The number of benzene rings is 1. The van der Waals surface area contributed by atoms with Gasteiger partial charge in [0.1, 0.15) is 0 Å². The number of halogens is 3. The molecule has 0 aliphatic heterocycles. The molecule has 0 aliphatic rings. The van der Waals surface area contributed by atoms with Gasteiger partial charge in [0.2, 0.25) is 0 Å². The fourth-order valence-electron chi connectivity index (χ4n) is 1.35. The first-order valence-electron chi connectivity index (χ1n) is 5.88. The Bertz CT molecular complexity index is 307. The number of hydrogen-bond donors (Lipinski definition) is 0. The van der Waals surface area contributed by atoms with Gasteiger partial charge in [0.15, 0.2) is 0 Å². The van der Waals surface area contributed by atoms with Crippen LogP contribution in [0.1, 0.15) is 23.0 Å². The van der Waals surface area contributed by atoms with E-state index in [9.17, 15) is 0 Å². The minimum atomic E-state index is 0.452. The van der Waals surface area contributed by atoms with Crippen LogP contribution >= 0.6 is 58.3 Å². The second-order valence-electron chi connectivity index (χ2n) is 3.71. The molecule has 0 saturated heterocycles. The molecule has 0 spiro atoms. The molecule has 0 fully saturated rings. The molecule has 1 aromatic carbocycles. The van der Waals surface area contributed by atoms with Gasteiger partial charge in [-0.3, -0.25) is 0 Å². The third-order valence-corrected chi connectivity index (χ3v) is 6.04. The molecule has 0 aliphatic carbocycles. The van der Waals surface area contributed by atoms with E-state index in [2.05, 4.69) is 12.1 Å². The van der Waals surface area contributed by atoms with Crippen molar-refractivity contribution in [2.24, 2.45) is 0 Å². The van der Waals surface area contributed by atoms with Gasteiger partial charge in [0.25, 0.3) is 0 Å². The van der Waals surface area contributed by atoms with Crippen LogP contribution in [0.4, 0.5) is 0 Å². The lowest BCUT2D eigenvalue weighted by Gasteiger charge is -2.16. The minimum Gasteiger partial charge on any atom is -0.143 e. The van der Waals surface area contributed by atoms with Crippen LogP contribution in [0.5, 0.6) is 0 Å². The number of alkyl halides is 2. The summed E-state index contributed by atoms with van der Waals surface area (Å²) in [5, 5.41) is 0.786. The van der Waals surface area contributed by atoms with Gasteiger partial charge in [-0.2, -0.15) is 0 Å². The number of thioether (sulfide) groups is 2. The second kappa shape index (κ2) is 10.6. The van der Waals surface area contributed by atoms with E-state index in [-0.39, 0.29) is 0 Å². The maximum absolute atomic E-state index is 5.92. The van der Waals surface area contributed by atoms with E-state index in [0.717, 1.165) is 41.1 Å². The van der Waals surface area contributed by atoms with Gasteiger partial charge in [-0.25, -0.2) is 0 Å². The third-order valence-electron chi connectivity index (χ3n) is 2.24. The molecule has 0 radical (unpaired) electrons. The Morgan fingerprint density at radius 1 is 0.889 bits per heavy atom. The average Bonchev–Trinajstić information content (AvgIpc) is 2.38. The highest BCUT2D eigenvalue weighted by Crippen LogP contribution is 2.40. The lowest BCUT2D eigenvalue weighted by molar-refractivity contribution is 1.10. The molecule has 18 heavy (non-hydrogen) atoms. The molecule has 0 atom stereocenters. The first-order chi connectivity index (χ1) is 8.77. The fourth-order valence-corrected chi connectivity index (χ4v) is 4.77. The van der Waals surface area contributed by atoms with E-state index < -0.39 is 0 Å². The molecule has 0 aromatic heterocycles. The lowest BCUT2D eigenvalue weighted by atomic mass is 10.2. The first kappa shape index (κ1) is 16.8. The van der Waals surface area contributed by atoms with E-state index >= 15 is 0 Å². The standard InChI is InChI=1S/C13H17Cl3S2/c14-7-1-9-17-13(18-10-2-8-15)11-3-5-12(16)6-4-11/h3-6,13H,1-2,7-10H2. The largest absolute Gasteiger partial charge is 0.143 e. The Morgan fingerprint density at radius 2 is 1.39 bits per heavy atom. The van der Waals surface area contributed by atoms with Crippen LogP contribution in [0.3, 0.4) is 0 Å². The van der Waals surface area contributed by atoms with E-state index in [0.29, 0.717) is 4.58 Å².